The van der Waals surface area contributed by atoms with Crippen molar-refractivity contribution in [2.75, 3.05) is 5.32 Å². The van der Waals surface area contributed by atoms with Gasteiger partial charge in [-0.2, -0.15) is 0 Å². The van der Waals surface area contributed by atoms with E-state index in [4.69, 9.17) is 0 Å². The molecule has 118 valence electrons. The second-order valence-corrected chi connectivity index (χ2v) is 6.67. The Bertz CT molecular complexity index is 400. The Hall–Kier alpha value is -0.980. The molecular weight excluding hydrogens is 254 g/mol. The summed E-state index contributed by atoms with van der Waals surface area (Å²) in [5.41, 5.74) is 4.52. The first-order chi connectivity index (χ1) is 10.3. The molecule has 0 aromatic heterocycles. The third-order valence-corrected chi connectivity index (χ3v) is 4.78. The van der Waals surface area contributed by atoms with Crippen LogP contribution in [0.3, 0.4) is 0 Å². The van der Waals surface area contributed by atoms with Crippen LogP contribution in [0, 0.1) is 0 Å². The first kappa shape index (κ1) is 16.4. The van der Waals surface area contributed by atoms with Crippen molar-refractivity contribution in [1.29, 1.82) is 0 Å². The Balaban J connectivity index is 1.89. The lowest BCUT2D eigenvalue weighted by molar-refractivity contribution is 0.526. The number of aryl methyl sites for hydroxylation is 2. The minimum Gasteiger partial charge on any atom is -0.382 e. The van der Waals surface area contributed by atoms with Gasteiger partial charge in [0.25, 0.3) is 0 Å². The molecule has 1 aliphatic rings. The topological polar surface area (TPSA) is 12.0 Å². The van der Waals surface area contributed by atoms with Gasteiger partial charge in [0.15, 0.2) is 0 Å². The average molecular weight is 287 g/mol. The van der Waals surface area contributed by atoms with Gasteiger partial charge >= 0.3 is 0 Å². The summed E-state index contributed by atoms with van der Waals surface area (Å²) in [5, 5.41) is 3.83. The first-order valence-electron chi connectivity index (χ1n) is 9.21. The minimum absolute atomic E-state index is 0.669. The molecular formula is C20H33N. The predicted molar refractivity (Wildman–Crippen MR) is 94.2 cm³/mol. The number of hydrogen-bond donors (Lipinski definition) is 1. The van der Waals surface area contributed by atoms with E-state index in [9.17, 15) is 0 Å². The third kappa shape index (κ3) is 5.37. The molecule has 0 aliphatic heterocycles. The summed E-state index contributed by atoms with van der Waals surface area (Å²) in [5.74, 6) is 0. The summed E-state index contributed by atoms with van der Waals surface area (Å²) in [6.07, 6.45) is 14.7. The summed E-state index contributed by atoms with van der Waals surface area (Å²) < 4.78 is 0. The molecule has 1 aromatic rings. The van der Waals surface area contributed by atoms with Crippen molar-refractivity contribution in [3.05, 3.63) is 29.3 Å². The number of benzene rings is 1. The summed E-state index contributed by atoms with van der Waals surface area (Å²) in [4.78, 5) is 0. The monoisotopic (exact) mass is 287 g/mol. The number of fused-ring (bicyclic) bond motifs is 1. The Morgan fingerprint density at radius 2 is 1.57 bits per heavy atom. The van der Waals surface area contributed by atoms with E-state index in [1.807, 2.05) is 0 Å². The largest absolute Gasteiger partial charge is 0.382 e. The van der Waals surface area contributed by atoms with Crippen molar-refractivity contribution < 1.29 is 0 Å². The van der Waals surface area contributed by atoms with Crippen LogP contribution in [0.1, 0.15) is 82.8 Å². The maximum absolute atomic E-state index is 3.83. The van der Waals surface area contributed by atoms with Crippen LogP contribution in [-0.4, -0.2) is 6.04 Å². The van der Waals surface area contributed by atoms with Crippen molar-refractivity contribution in [2.45, 2.75) is 90.5 Å². The highest BCUT2D eigenvalue weighted by Gasteiger charge is 2.13. The van der Waals surface area contributed by atoms with Gasteiger partial charge in [-0.3, -0.25) is 0 Å². The standard InChI is InChI=1S/C20H33N/c1-3-5-7-12-19(13-8-6-4-2)21-20-15-14-17-10-9-11-18(17)16-20/h14-16,19,21H,3-13H2,1-2H3. The molecule has 0 heterocycles. The lowest BCUT2D eigenvalue weighted by Crippen LogP contribution is -2.19. The maximum atomic E-state index is 3.83. The fourth-order valence-electron chi connectivity index (χ4n) is 3.47. The average Bonchev–Trinajstić information content (AvgIpc) is 2.95. The highest BCUT2D eigenvalue weighted by molar-refractivity contribution is 5.50. The molecule has 1 heteroatoms. The zero-order valence-electron chi connectivity index (χ0n) is 14.1. The van der Waals surface area contributed by atoms with Crippen molar-refractivity contribution in [2.24, 2.45) is 0 Å². The number of anilines is 1. The molecule has 1 aliphatic carbocycles. The zero-order valence-corrected chi connectivity index (χ0v) is 14.1. The van der Waals surface area contributed by atoms with Crippen molar-refractivity contribution in [3.63, 3.8) is 0 Å². The molecule has 0 unspecified atom stereocenters. The second kappa shape index (κ2) is 9.12. The lowest BCUT2D eigenvalue weighted by Gasteiger charge is -2.20. The maximum Gasteiger partial charge on any atom is 0.0345 e. The molecule has 21 heavy (non-hydrogen) atoms. The van der Waals surface area contributed by atoms with Crippen LogP contribution in [0.15, 0.2) is 18.2 Å². The molecule has 1 N–H and O–H groups in total. The van der Waals surface area contributed by atoms with Crippen molar-refractivity contribution in [1.82, 2.24) is 0 Å². The molecule has 0 amide bonds. The van der Waals surface area contributed by atoms with Crippen molar-refractivity contribution in [3.8, 4) is 0 Å². The van der Waals surface area contributed by atoms with Gasteiger partial charge in [-0.15, -0.1) is 0 Å². The van der Waals surface area contributed by atoms with Gasteiger partial charge < -0.3 is 5.32 Å². The first-order valence-corrected chi connectivity index (χ1v) is 9.21. The van der Waals surface area contributed by atoms with Crippen LogP contribution in [0.2, 0.25) is 0 Å². The highest BCUT2D eigenvalue weighted by Crippen LogP contribution is 2.26. The van der Waals surface area contributed by atoms with Gasteiger partial charge in [0.05, 0.1) is 0 Å². The minimum atomic E-state index is 0.669. The second-order valence-electron chi connectivity index (χ2n) is 6.67. The molecule has 0 spiro atoms. The number of nitrogens with one attached hydrogen (secondary N) is 1. The smallest absolute Gasteiger partial charge is 0.0345 e. The van der Waals surface area contributed by atoms with Gasteiger partial charge in [-0.25, -0.2) is 0 Å². The van der Waals surface area contributed by atoms with Gasteiger partial charge in [0.1, 0.15) is 0 Å². The number of rotatable bonds is 10. The normalized spacial score (nSPS) is 13.7. The fraction of sp³-hybridized carbons (Fsp3) is 0.700. The predicted octanol–water partition coefficient (Wildman–Crippen LogP) is 6.12. The van der Waals surface area contributed by atoms with Crippen molar-refractivity contribution >= 4 is 5.69 Å². The summed E-state index contributed by atoms with van der Waals surface area (Å²) in [6.45, 7) is 4.58. The summed E-state index contributed by atoms with van der Waals surface area (Å²) in [6, 6.07) is 7.73. The van der Waals surface area contributed by atoms with Crippen LogP contribution in [0.25, 0.3) is 0 Å². The molecule has 0 atom stereocenters. The molecule has 0 radical (unpaired) electrons. The summed E-state index contributed by atoms with van der Waals surface area (Å²) >= 11 is 0. The van der Waals surface area contributed by atoms with Gasteiger partial charge in [-0.05, 0) is 55.4 Å². The van der Waals surface area contributed by atoms with Crippen LogP contribution >= 0.6 is 0 Å². The van der Waals surface area contributed by atoms with E-state index < -0.39 is 0 Å². The Kier molecular flexibility index (Phi) is 7.12. The summed E-state index contributed by atoms with van der Waals surface area (Å²) in [7, 11) is 0. The molecule has 0 fully saturated rings. The van der Waals surface area contributed by atoms with E-state index in [2.05, 4.69) is 37.4 Å². The van der Waals surface area contributed by atoms with Gasteiger partial charge in [-0.1, -0.05) is 58.4 Å². The quantitative estimate of drug-likeness (QED) is 0.511. The van der Waals surface area contributed by atoms with Crippen LogP contribution in [0.5, 0.6) is 0 Å². The number of hydrogen-bond acceptors (Lipinski definition) is 1. The Morgan fingerprint density at radius 3 is 2.24 bits per heavy atom. The lowest BCUT2D eigenvalue weighted by atomic mass is 10.0. The van der Waals surface area contributed by atoms with E-state index in [-0.39, 0.29) is 0 Å². The molecule has 0 bridgehead atoms. The molecule has 1 aromatic carbocycles. The number of unbranched alkanes of at least 4 members (excludes halogenated alkanes) is 4. The van der Waals surface area contributed by atoms with Crippen LogP contribution < -0.4 is 5.32 Å². The van der Waals surface area contributed by atoms with E-state index >= 15 is 0 Å². The van der Waals surface area contributed by atoms with Gasteiger partial charge in [0.2, 0.25) is 0 Å². The molecule has 1 nitrogen and oxygen atoms in total. The molecule has 2 rings (SSSR count). The van der Waals surface area contributed by atoms with E-state index in [1.54, 1.807) is 11.1 Å². The van der Waals surface area contributed by atoms with Crippen LogP contribution in [-0.2, 0) is 12.8 Å². The molecule has 0 saturated carbocycles. The van der Waals surface area contributed by atoms with Gasteiger partial charge in [0, 0.05) is 11.7 Å². The third-order valence-electron chi connectivity index (χ3n) is 4.78. The Labute approximate surface area is 131 Å². The highest BCUT2D eigenvalue weighted by atomic mass is 14.9. The van der Waals surface area contributed by atoms with E-state index in [1.165, 1.54) is 76.3 Å². The molecule has 0 saturated heterocycles. The Morgan fingerprint density at radius 1 is 0.905 bits per heavy atom. The van der Waals surface area contributed by atoms with E-state index in [0.717, 1.165) is 0 Å². The SMILES string of the molecule is CCCCCC(CCCCC)Nc1ccc2c(c1)CCC2. The fourth-order valence-corrected chi connectivity index (χ4v) is 3.47. The zero-order chi connectivity index (χ0) is 14.9. The van der Waals surface area contributed by atoms with Crippen LogP contribution in [0.4, 0.5) is 5.69 Å². The van der Waals surface area contributed by atoms with E-state index in [0.29, 0.717) is 6.04 Å².